The van der Waals surface area contributed by atoms with E-state index in [0.717, 1.165) is 58.3 Å². The number of amides is 1. The van der Waals surface area contributed by atoms with E-state index in [-0.39, 0.29) is 11.8 Å². The summed E-state index contributed by atoms with van der Waals surface area (Å²) in [6.45, 7) is 5.05. The van der Waals surface area contributed by atoms with Crippen LogP contribution in [0.3, 0.4) is 0 Å². The summed E-state index contributed by atoms with van der Waals surface area (Å²) in [5.74, 6) is 1.73. The maximum atomic E-state index is 12.5. The van der Waals surface area contributed by atoms with Crippen molar-refractivity contribution >= 4 is 5.91 Å². The SMILES string of the molecule is NCC1CCC(C(=O)NCC2CCCN(CCc3ccccc3)C2)CC1. The van der Waals surface area contributed by atoms with Crippen molar-refractivity contribution in [3.05, 3.63) is 35.9 Å². The Balaban J connectivity index is 1.36. The van der Waals surface area contributed by atoms with Crippen LogP contribution in [0.2, 0.25) is 0 Å². The first-order valence-electron chi connectivity index (χ1n) is 10.5. The molecule has 0 aromatic heterocycles. The van der Waals surface area contributed by atoms with Crippen molar-refractivity contribution in [3.8, 4) is 0 Å². The molecule has 1 aromatic rings. The lowest BCUT2D eigenvalue weighted by Gasteiger charge is -2.33. The third-order valence-corrected chi connectivity index (χ3v) is 6.28. The number of likely N-dealkylation sites (tertiary alicyclic amines) is 1. The van der Waals surface area contributed by atoms with E-state index in [2.05, 4.69) is 40.5 Å². The summed E-state index contributed by atoms with van der Waals surface area (Å²) in [5, 5.41) is 3.25. The number of hydrogen-bond acceptors (Lipinski definition) is 3. The first-order chi connectivity index (χ1) is 12.7. The number of hydrogen-bond donors (Lipinski definition) is 2. The predicted molar refractivity (Wildman–Crippen MR) is 107 cm³/mol. The van der Waals surface area contributed by atoms with Crippen molar-refractivity contribution in [1.29, 1.82) is 0 Å². The fourth-order valence-electron chi connectivity index (χ4n) is 4.50. The second-order valence-electron chi connectivity index (χ2n) is 8.24. The molecule has 3 N–H and O–H groups in total. The van der Waals surface area contributed by atoms with Crippen LogP contribution in [-0.4, -0.2) is 43.5 Å². The first-order valence-corrected chi connectivity index (χ1v) is 10.5. The number of carbonyl (C=O) groups excluding carboxylic acids is 1. The van der Waals surface area contributed by atoms with Crippen LogP contribution in [0.15, 0.2) is 30.3 Å². The minimum Gasteiger partial charge on any atom is -0.356 e. The van der Waals surface area contributed by atoms with Gasteiger partial charge in [0.05, 0.1) is 0 Å². The zero-order chi connectivity index (χ0) is 18.2. The molecule has 1 saturated carbocycles. The number of benzene rings is 1. The van der Waals surface area contributed by atoms with E-state index in [1.165, 1.54) is 24.9 Å². The van der Waals surface area contributed by atoms with Crippen molar-refractivity contribution in [2.75, 3.05) is 32.7 Å². The standard InChI is InChI=1S/C22H35N3O/c23-15-19-8-10-21(11-9-19)22(26)24-16-20-7-4-13-25(17-20)14-12-18-5-2-1-3-6-18/h1-3,5-6,19-21H,4,7-17,23H2,(H,24,26). The maximum Gasteiger partial charge on any atom is 0.223 e. The summed E-state index contributed by atoms with van der Waals surface area (Å²) in [6, 6.07) is 10.7. The number of carbonyl (C=O) groups is 1. The van der Waals surface area contributed by atoms with Gasteiger partial charge in [0.2, 0.25) is 5.91 Å². The second-order valence-corrected chi connectivity index (χ2v) is 8.24. The summed E-state index contributed by atoms with van der Waals surface area (Å²) < 4.78 is 0. The van der Waals surface area contributed by atoms with Gasteiger partial charge < -0.3 is 16.0 Å². The van der Waals surface area contributed by atoms with Crippen LogP contribution < -0.4 is 11.1 Å². The highest BCUT2D eigenvalue weighted by molar-refractivity contribution is 5.78. The highest BCUT2D eigenvalue weighted by Gasteiger charge is 2.26. The fourth-order valence-corrected chi connectivity index (χ4v) is 4.50. The maximum absolute atomic E-state index is 12.5. The lowest BCUT2D eigenvalue weighted by molar-refractivity contribution is -0.126. The van der Waals surface area contributed by atoms with Gasteiger partial charge in [0.25, 0.3) is 0 Å². The van der Waals surface area contributed by atoms with Crippen LogP contribution in [-0.2, 0) is 11.2 Å². The third kappa shape index (κ3) is 5.82. The van der Waals surface area contributed by atoms with Crippen LogP contribution in [0.5, 0.6) is 0 Å². The molecule has 26 heavy (non-hydrogen) atoms. The van der Waals surface area contributed by atoms with Crippen LogP contribution in [0, 0.1) is 17.8 Å². The lowest BCUT2D eigenvalue weighted by atomic mass is 9.81. The quantitative estimate of drug-likeness (QED) is 0.789. The van der Waals surface area contributed by atoms with E-state index >= 15 is 0 Å². The van der Waals surface area contributed by atoms with E-state index in [1.54, 1.807) is 0 Å². The molecule has 4 nitrogen and oxygen atoms in total. The van der Waals surface area contributed by atoms with E-state index in [0.29, 0.717) is 11.8 Å². The molecule has 0 radical (unpaired) electrons. The van der Waals surface area contributed by atoms with Gasteiger partial charge in [-0.2, -0.15) is 0 Å². The van der Waals surface area contributed by atoms with Crippen molar-refractivity contribution in [2.45, 2.75) is 44.9 Å². The molecule has 1 aromatic carbocycles. The van der Waals surface area contributed by atoms with Crippen LogP contribution in [0.1, 0.15) is 44.1 Å². The molecular weight excluding hydrogens is 322 g/mol. The first kappa shape index (κ1) is 19.4. The largest absolute Gasteiger partial charge is 0.356 e. The molecule has 1 aliphatic heterocycles. The van der Waals surface area contributed by atoms with Gasteiger partial charge >= 0.3 is 0 Å². The Kier molecular flexibility index (Phi) is 7.51. The summed E-state index contributed by atoms with van der Waals surface area (Å²) in [5.41, 5.74) is 7.16. The van der Waals surface area contributed by atoms with Gasteiger partial charge in [-0.1, -0.05) is 30.3 Å². The smallest absolute Gasteiger partial charge is 0.223 e. The van der Waals surface area contributed by atoms with Gasteiger partial charge in [0, 0.05) is 25.6 Å². The molecule has 1 atom stereocenters. The van der Waals surface area contributed by atoms with Gasteiger partial charge in [0.1, 0.15) is 0 Å². The Morgan fingerprint density at radius 1 is 1.08 bits per heavy atom. The third-order valence-electron chi connectivity index (χ3n) is 6.28. The number of rotatable bonds is 7. The zero-order valence-corrected chi connectivity index (χ0v) is 16.0. The van der Waals surface area contributed by atoms with Gasteiger partial charge in [-0.3, -0.25) is 4.79 Å². The molecule has 1 saturated heterocycles. The molecule has 0 spiro atoms. The van der Waals surface area contributed by atoms with E-state index in [9.17, 15) is 4.79 Å². The van der Waals surface area contributed by atoms with Gasteiger partial charge in [0.15, 0.2) is 0 Å². The molecule has 1 aliphatic carbocycles. The molecule has 0 bridgehead atoms. The fraction of sp³-hybridized carbons (Fsp3) is 0.682. The molecule has 1 heterocycles. The van der Waals surface area contributed by atoms with E-state index in [4.69, 9.17) is 5.73 Å². The Bertz CT molecular complexity index is 540. The highest BCUT2D eigenvalue weighted by Crippen LogP contribution is 2.28. The minimum atomic E-state index is 0.218. The monoisotopic (exact) mass is 357 g/mol. The molecule has 1 amide bonds. The Hall–Kier alpha value is -1.39. The summed E-state index contributed by atoms with van der Waals surface area (Å²) in [4.78, 5) is 15.0. The average molecular weight is 358 g/mol. The van der Waals surface area contributed by atoms with Crippen LogP contribution in [0.4, 0.5) is 0 Å². The van der Waals surface area contributed by atoms with Gasteiger partial charge in [-0.25, -0.2) is 0 Å². The van der Waals surface area contributed by atoms with E-state index in [1.807, 2.05) is 0 Å². The van der Waals surface area contributed by atoms with E-state index < -0.39 is 0 Å². The second kappa shape index (κ2) is 10.1. The number of nitrogens with one attached hydrogen (secondary N) is 1. The molecule has 144 valence electrons. The highest BCUT2D eigenvalue weighted by atomic mass is 16.1. The average Bonchev–Trinajstić information content (AvgIpc) is 2.71. The molecule has 4 heteroatoms. The van der Waals surface area contributed by atoms with Crippen LogP contribution in [0.25, 0.3) is 0 Å². The topological polar surface area (TPSA) is 58.4 Å². The van der Waals surface area contributed by atoms with Crippen LogP contribution >= 0.6 is 0 Å². The summed E-state index contributed by atoms with van der Waals surface area (Å²) in [7, 11) is 0. The number of nitrogens with two attached hydrogens (primary N) is 1. The predicted octanol–water partition coefficient (Wildman–Crippen LogP) is 2.82. The summed E-state index contributed by atoms with van der Waals surface area (Å²) in [6.07, 6.45) is 7.86. The van der Waals surface area contributed by atoms with Gasteiger partial charge in [-0.05, 0) is 75.4 Å². The number of piperidine rings is 1. The summed E-state index contributed by atoms with van der Waals surface area (Å²) >= 11 is 0. The lowest BCUT2D eigenvalue weighted by Crippen LogP contribution is -2.43. The molecular formula is C22H35N3O. The molecule has 2 fully saturated rings. The zero-order valence-electron chi connectivity index (χ0n) is 16.0. The Labute approximate surface area is 158 Å². The van der Waals surface area contributed by atoms with Crippen molar-refractivity contribution in [2.24, 2.45) is 23.5 Å². The van der Waals surface area contributed by atoms with Crippen molar-refractivity contribution in [3.63, 3.8) is 0 Å². The molecule has 3 rings (SSSR count). The Morgan fingerprint density at radius 2 is 1.85 bits per heavy atom. The minimum absolute atomic E-state index is 0.218. The molecule has 1 unspecified atom stereocenters. The molecule has 2 aliphatic rings. The Morgan fingerprint density at radius 3 is 2.58 bits per heavy atom. The number of nitrogens with zero attached hydrogens (tertiary/aromatic N) is 1. The van der Waals surface area contributed by atoms with Gasteiger partial charge in [-0.15, -0.1) is 0 Å². The normalized spacial score (nSPS) is 27.2. The van der Waals surface area contributed by atoms with Crippen molar-refractivity contribution in [1.82, 2.24) is 10.2 Å². The van der Waals surface area contributed by atoms with Crippen molar-refractivity contribution < 1.29 is 4.79 Å².